The second-order valence-electron chi connectivity index (χ2n) is 5.41. The van der Waals surface area contributed by atoms with Gasteiger partial charge >= 0.3 is 0 Å². The van der Waals surface area contributed by atoms with Gasteiger partial charge in [-0.05, 0) is 43.2 Å². The van der Waals surface area contributed by atoms with E-state index in [4.69, 9.17) is 4.74 Å². The van der Waals surface area contributed by atoms with Crippen molar-refractivity contribution in [2.45, 2.75) is 30.9 Å². The SMILES string of the molecule is O=S(=O)(NC[C@@H]1CCOc2ccccc2C1)C1CC1. The Hall–Kier alpha value is -1.07. The number of ether oxygens (including phenoxy) is 1. The zero-order valence-corrected chi connectivity index (χ0v) is 11.7. The third-order valence-electron chi connectivity index (χ3n) is 3.80. The van der Waals surface area contributed by atoms with Crippen LogP contribution < -0.4 is 9.46 Å². The van der Waals surface area contributed by atoms with Crippen LogP contribution in [0.15, 0.2) is 24.3 Å². The molecule has 1 aromatic rings. The van der Waals surface area contributed by atoms with Crippen LogP contribution in [0.3, 0.4) is 0 Å². The largest absolute Gasteiger partial charge is 0.493 e. The highest BCUT2D eigenvalue weighted by Gasteiger charge is 2.35. The molecule has 0 amide bonds. The van der Waals surface area contributed by atoms with Crippen LogP contribution in [0.4, 0.5) is 0 Å². The molecule has 4 nitrogen and oxygen atoms in total. The molecule has 0 saturated heterocycles. The highest BCUT2D eigenvalue weighted by Crippen LogP contribution is 2.29. The van der Waals surface area contributed by atoms with Crippen molar-refractivity contribution in [3.05, 3.63) is 29.8 Å². The van der Waals surface area contributed by atoms with Crippen LogP contribution >= 0.6 is 0 Å². The smallest absolute Gasteiger partial charge is 0.214 e. The molecule has 0 spiro atoms. The Morgan fingerprint density at radius 2 is 2.00 bits per heavy atom. The van der Waals surface area contributed by atoms with Gasteiger partial charge in [-0.15, -0.1) is 0 Å². The average Bonchev–Trinajstić information content (AvgIpc) is 3.22. The molecule has 0 bridgehead atoms. The summed E-state index contributed by atoms with van der Waals surface area (Å²) in [5.74, 6) is 1.26. The third kappa shape index (κ3) is 3.09. The summed E-state index contributed by atoms with van der Waals surface area (Å²) in [5.41, 5.74) is 1.18. The number of hydrogen-bond acceptors (Lipinski definition) is 3. The maximum atomic E-state index is 11.8. The monoisotopic (exact) mass is 281 g/mol. The molecule has 104 valence electrons. The fourth-order valence-corrected chi connectivity index (χ4v) is 3.93. The minimum Gasteiger partial charge on any atom is -0.493 e. The summed E-state index contributed by atoms with van der Waals surface area (Å²) >= 11 is 0. The first-order valence-electron chi connectivity index (χ1n) is 6.84. The summed E-state index contributed by atoms with van der Waals surface area (Å²) in [5, 5.41) is -0.137. The van der Waals surface area contributed by atoms with Gasteiger partial charge in [0.15, 0.2) is 0 Å². The predicted molar refractivity (Wildman–Crippen MR) is 73.7 cm³/mol. The van der Waals surface area contributed by atoms with E-state index in [9.17, 15) is 8.42 Å². The number of para-hydroxylation sites is 1. The summed E-state index contributed by atoms with van der Waals surface area (Å²) < 4.78 is 32.1. The third-order valence-corrected chi connectivity index (χ3v) is 5.72. The summed E-state index contributed by atoms with van der Waals surface area (Å²) in [7, 11) is -3.07. The number of benzene rings is 1. The molecular formula is C14H19NO3S. The van der Waals surface area contributed by atoms with Crippen molar-refractivity contribution in [2.24, 2.45) is 5.92 Å². The lowest BCUT2D eigenvalue weighted by Gasteiger charge is -2.14. The van der Waals surface area contributed by atoms with E-state index in [0.717, 1.165) is 31.4 Å². The van der Waals surface area contributed by atoms with Crippen molar-refractivity contribution in [1.82, 2.24) is 4.72 Å². The van der Waals surface area contributed by atoms with Gasteiger partial charge in [-0.3, -0.25) is 0 Å². The maximum absolute atomic E-state index is 11.8. The Labute approximate surface area is 114 Å². The second-order valence-corrected chi connectivity index (χ2v) is 7.45. The Balaban J connectivity index is 1.63. The molecule has 1 aromatic carbocycles. The van der Waals surface area contributed by atoms with Gasteiger partial charge in [0.05, 0.1) is 11.9 Å². The van der Waals surface area contributed by atoms with Crippen molar-refractivity contribution in [3.63, 3.8) is 0 Å². The van der Waals surface area contributed by atoms with Gasteiger partial charge in [-0.1, -0.05) is 18.2 Å². The van der Waals surface area contributed by atoms with Gasteiger partial charge in [0.2, 0.25) is 10.0 Å². The number of hydrogen-bond donors (Lipinski definition) is 1. The van der Waals surface area contributed by atoms with Crippen LogP contribution in [-0.2, 0) is 16.4 Å². The molecule has 1 heterocycles. The maximum Gasteiger partial charge on any atom is 0.214 e. The minimum atomic E-state index is -3.07. The van der Waals surface area contributed by atoms with E-state index in [2.05, 4.69) is 10.8 Å². The molecule has 1 atom stereocenters. The molecule has 1 aliphatic heterocycles. The van der Waals surface area contributed by atoms with Gasteiger partial charge < -0.3 is 4.74 Å². The fraction of sp³-hybridized carbons (Fsp3) is 0.571. The molecule has 3 rings (SSSR count). The zero-order chi connectivity index (χ0) is 13.3. The summed E-state index contributed by atoms with van der Waals surface area (Å²) in [6.07, 6.45) is 3.39. The summed E-state index contributed by atoms with van der Waals surface area (Å²) in [6, 6.07) is 8.00. The van der Waals surface area contributed by atoms with E-state index >= 15 is 0 Å². The number of fused-ring (bicyclic) bond motifs is 1. The van der Waals surface area contributed by atoms with Crippen molar-refractivity contribution in [2.75, 3.05) is 13.2 Å². The number of sulfonamides is 1. The van der Waals surface area contributed by atoms with Crippen LogP contribution in [-0.4, -0.2) is 26.8 Å². The number of rotatable bonds is 4. The zero-order valence-electron chi connectivity index (χ0n) is 10.8. The van der Waals surface area contributed by atoms with Crippen molar-refractivity contribution in [1.29, 1.82) is 0 Å². The molecule has 0 aromatic heterocycles. The Morgan fingerprint density at radius 1 is 1.21 bits per heavy atom. The molecule has 1 N–H and O–H groups in total. The molecule has 0 unspecified atom stereocenters. The molecule has 2 aliphatic rings. The first-order chi connectivity index (χ1) is 9.15. The Morgan fingerprint density at radius 3 is 2.79 bits per heavy atom. The normalized spacial score (nSPS) is 23.3. The standard InChI is InChI=1S/C14H19NO3S/c16-19(17,13-5-6-13)15-10-11-7-8-18-14-4-2-1-3-12(14)9-11/h1-4,11,13,15H,5-10H2/t11-/m1/s1. The molecule has 1 saturated carbocycles. The van der Waals surface area contributed by atoms with Crippen molar-refractivity contribution in [3.8, 4) is 5.75 Å². The highest BCUT2D eigenvalue weighted by molar-refractivity contribution is 7.90. The van der Waals surface area contributed by atoms with Gasteiger partial charge in [-0.2, -0.15) is 0 Å². The highest BCUT2D eigenvalue weighted by atomic mass is 32.2. The minimum absolute atomic E-state index is 0.137. The van der Waals surface area contributed by atoms with Crippen molar-refractivity contribution >= 4 is 10.0 Å². The second kappa shape index (κ2) is 5.13. The molecule has 0 radical (unpaired) electrons. The van der Waals surface area contributed by atoms with Crippen LogP contribution in [0.25, 0.3) is 0 Å². The quantitative estimate of drug-likeness (QED) is 0.914. The predicted octanol–water partition coefficient (Wildman–Crippen LogP) is 1.71. The Bertz CT molecular complexity index is 552. The summed E-state index contributed by atoms with van der Waals surface area (Å²) in [6.45, 7) is 1.18. The van der Waals surface area contributed by atoms with Gasteiger partial charge in [0, 0.05) is 6.54 Å². The van der Waals surface area contributed by atoms with E-state index in [1.807, 2.05) is 18.2 Å². The molecule has 19 heavy (non-hydrogen) atoms. The van der Waals surface area contributed by atoms with Gasteiger partial charge in [0.1, 0.15) is 5.75 Å². The summed E-state index contributed by atoms with van der Waals surface area (Å²) in [4.78, 5) is 0. The fourth-order valence-electron chi connectivity index (χ4n) is 2.47. The van der Waals surface area contributed by atoms with Crippen LogP contribution in [0.1, 0.15) is 24.8 Å². The van der Waals surface area contributed by atoms with E-state index in [-0.39, 0.29) is 5.25 Å². The molecular weight excluding hydrogens is 262 g/mol. The van der Waals surface area contributed by atoms with Crippen LogP contribution in [0.2, 0.25) is 0 Å². The van der Waals surface area contributed by atoms with E-state index < -0.39 is 10.0 Å². The first-order valence-corrected chi connectivity index (χ1v) is 8.39. The lowest BCUT2D eigenvalue weighted by atomic mass is 9.97. The van der Waals surface area contributed by atoms with Crippen LogP contribution in [0, 0.1) is 5.92 Å². The van der Waals surface area contributed by atoms with Crippen LogP contribution in [0.5, 0.6) is 5.75 Å². The van der Waals surface area contributed by atoms with Gasteiger partial charge in [-0.25, -0.2) is 13.1 Å². The molecule has 1 aliphatic carbocycles. The molecule has 1 fully saturated rings. The lowest BCUT2D eigenvalue weighted by molar-refractivity contribution is 0.294. The van der Waals surface area contributed by atoms with Crippen molar-refractivity contribution < 1.29 is 13.2 Å². The lowest BCUT2D eigenvalue weighted by Crippen LogP contribution is -2.32. The first kappa shape index (κ1) is 12.9. The Kier molecular flexibility index (Phi) is 3.50. The topological polar surface area (TPSA) is 55.4 Å². The average molecular weight is 281 g/mol. The van der Waals surface area contributed by atoms with E-state index in [1.54, 1.807) is 0 Å². The number of nitrogens with one attached hydrogen (secondary N) is 1. The van der Waals surface area contributed by atoms with E-state index in [1.165, 1.54) is 5.56 Å². The van der Waals surface area contributed by atoms with Gasteiger partial charge in [0.25, 0.3) is 0 Å². The van der Waals surface area contributed by atoms with E-state index in [0.29, 0.717) is 19.1 Å². The molecule has 5 heteroatoms.